The maximum absolute atomic E-state index is 13.5. The molecule has 4 rings (SSSR count). The number of hydrogen-bond donors (Lipinski definition) is 4. The smallest absolute Gasteiger partial charge is 0.247 e. The highest BCUT2D eigenvalue weighted by Crippen LogP contribution is 2.51. The standard InChI is InChI=1S/C29H42N2O7/c1-3-4-5-6-7-8-24(34)31(16-18-9-10-18)22-15-21(29(36)30-11-12-32)25-20-13-19(17-33)14-23(37-2)27(20)38-28(25)26(22)35/h13-15,18,22,25-26,28,32-33,35H,3-12,16-17H2,1-2H3,(H,30,36)/t22-,25+,26+,28+/m1/s1. The van der Waals surface area contributed by atoms with E-state index >= 15 is 0 Å². The lowest BCUT2D eigenvalue weighted by Crippen LogP contribution is -2.56. The SMILES string of the molecule is CCCCCCCC(=O)N(CC1CC1)[C@@H]1C=C(C(=O)NCCO)[C@@H]2c3cc(CO)cc(OC)c3O[C@@H]2[C@H]1O. The second-order valence-electron chi connectivity index (χ2n) is 10.7. The van der Waals surface area contributed by atoms with Gasteiger partial charge in [-0.2, -0.15) is 0 Å². The molecule has 9 nitrogen and oxygen atoms in total. The summed E-state index contributed by atoms with van der Waals surface area (Å²) in [7, 11) is 1.50. The first-order chi connectivity index (χ1) is 18.4. The Kier molecular flexibility index (Phi) is 9.68. The summed E-state index contributed by atoms with van der Waals surface area (Å²) in [6.07, 6.45) is 7.52. The van der Waals surface area contributed by atoms with Crippen molar-refractivity contribution < 1.29 is 34.4 Å². The van der Waals surface area contributed by atoms with Crippen molar-refractivity contribution in [1.82, 2.24) is 10.2 Å². The third-order valence-corrected chi connectivity index (χ3v) is 7.82. The van der Waals surface area contributed by atoms with Crippen LogP contribution in [0.25, 0.3) is 0 Å². The number of aliphatic hydroxyl groups is 3. The molecule has 2 amide bonds. The van der Waals surface area contributed by atoms with Crippen LogP contribution >= 0.6 is 0 Å². The second kappa shape index (κ2) is 13.0. The van der Waals surface area contributed by atoms with Gasteiger partial charge in [0.1, 0.15) is 12.2 Å². The molecule has 210 valence electrons. The molecule has 2 aliphatic carbocycles. The first kappa shape index (κ1) is 28.4. The predicted octanol–water partition coefficient (Wildman–Crippen LogP) is 2.41. The van der Waals surface area contributed by atoms with Gasteiger partial charge in [-0.3, -0.25) is 9.59 Å². The molecule has 3 aliphatic rings. The average molecular weight is 531 g/mol. The number of rotatable bonds is 14. The van der Waals surface area contributed by atoms with Crippen LogP contribution in [0.2, 0.25) is 0 Å². The first-order valence-electron chi connectivity index (χ1n) is 14.0. The normalized spacial score (nSPS) is 23.7. The van der Waals surface area contributed by atoms with Crippen molar-refractivity contribution in [1.29, 1.82) is 0 Å². The first-order valence-corrected chi connectivity index (χ1v) is 14.0. The highest BCUT2D eigenvalue weighted by atomic mass is 16.5. The molecule has 1 aromatic rings. The van der Waals surface area contributed by atoms with Crippen LogP contribution in [0.3, 0.4) is 0 Å². The zero-order valence-electron chi connectivity index (χ0n) is 22.5. The maximum Gasteiger partial charge on any atom is 0.247 e. The summed E-state index contributed by atoms with van der Waals surface area (Å²) in [5, 5.41) is 33.5. The summed E-state index contributed by atoms with van der Waals surface area (Å²) in [5.74, 6) is 0.237. The molecular formula is C29H42N2O7. The summed E-state index contributed by atoms with van der Waals surface area (Å²) in [4.78, 5) is 28.6. The summed E-state index contributed by atoms with van der Waals surface area (Å²) in [6, 6.07) is 2.73. The largest absolute Gasteiger partial charge is 0.493 e. The lowest BCUT2D eigenvalue weighted by atomic mass is 9.77. The molecule has 1 heterocycles. The van der Waals surface area contributed by atoms with Crippen molar-refractivity contribution in [2.24, 2.45) is 5.92 Å². The molecule has 4 atom stereocenters. The lowest BCUT2D eigenvalue weighted by Gasteiger charge is -2.41. The minimum absolute atomic E-state index is 0.0158. The molecule has 9 heteroatoms. The van der Waals surface area contributed by atoms with E-state index in [1.165, 1.54) is 7.11 Å². The van der Waals surface area contributed by atoms with Crippen molar-refractivity contribution in [3.8, 4) is 11.5 Å². The van der Waals surface area contributed by atoms with Gasteiger partial charge in [-0.25, -0.2) is 0 Å². The lowest BCUT2D eigenvalue weighted by molar-refractivity contribution is -0.137. The Hall–Kier alpha value is -2.62. The number of ether oxygens (including phenoxy) is 2. The number of amides is 2. The molecule has 1 aliphatic heterocycles. The molecule has 0 bridgehead atoms. The Morgan fingerprint density at radius 3 is 2.58 bits per heavy atom. The molecular weight excluding hydrogens is 488 g/mol. The quantitative estimate of drug-likeness (QED) is 0.272. The van der Waals surface area contributed by atoms with Gasteiger partial charge in [-0.1, -0.05) is 32.6 Å². The van der Waals surface area contributed by atoms with Crippen molar-refractivity contribution in [3.05, 3.63) is 34.9 Å². The number of carbonyl (C=O) groups is 2. The van der Waals surface area contributed by atoms with Crippen molar-refractivity contribution >= 4 is 11.8 Å². The van der Waals surface area contributed by atoms with Gasteiger partial charge in [0.15, 0.2) is 11.5 Å². The molecule has 4 N–H and O–H groups in total. The zero-order valence-corrected chi connectivity index (χ0v) is 22.5. The highest BCUT2D eigenvalue weighted by molar-refractivity contribution is 5.96. The summed E-state index contributed by atoms with van der Waals surface area (Å²) in [6.45, 7) is 2.35. The fourth-order valence-electron chi connectivity index (χ4n) is 5.61. The van der Waals surface area contributed by atoms with E-state index in [9.17, 15) is 24.9 Å². The van der Waals surface area contributed by atoms with Crippen LogP contribution in [-0.4, -0.2) is 77.1 Å². The van der Waals surface area contributed by atoms with Gasteiger partial charge in [0, 0.05) is 30.6 Å². The number of hydrogen-bond acceptors (Lipinski definition) is 7. The molecule has 1 aromatic carbocycles. The number of unbranched alkanes of at least 4 members (excludes halogenated alkanes) is 4. The number of benzene rings is 1. The van der Waals surface area contributed by atoms with E-state index < -0.39 is 24.2 Å². The predicted molar refractivity (Wildman–Crippen MR) is 142 cm³/mol. The number of aliphatic hydroxyl groups excluding tert-OH is 3. The van der Waals surface area contributed by atoms with Crippen LogP contribution < -0.4 is 14.8 Å². The number of fused-ring (bicyclic) bond motifs is 3. The van der Waals surface area contributed by atoms with Crippen LogP contribution in [0.1, 0.15) is 75.3 Å². The van der Waals surface area contributed by atoms with Crippen LogP contribution in [0.15, 0.2) is 23.8 Å². The fraction of sp³-hybridized carbons (Fsp3) is 0.655. The van der Waals surface area contributed by atoms with Crippen LogP contribution in [0.4, 0.5) is 0 Å². The van der Waals surface area contributed by atoms with Gasteiger partial charge in [-0.05, 0) is 49.0 Å². The van der Waals surface area contributed by atoms with Gasteiger partial charge in [0.25, 0.3) is 0 Å². The minimum Gasteiger partial charge on any atom is -0.493 e. The van der Waals surface area contributed by atoms with Gasteiger partial charge in [0.05, 0.1) is 32.3 Å². The van der Waals surface area contributed by atoms with E-state index in [0.717, 1.165) is 44.9 Å². The van der Waals surface area contributed by atoms with Crippen molar-refractivity contribution in [3.63, 3.8) is 0 Å². The van der Waals surface area contributed by atoms with Gasteiger partial charge < -0.3 is 35.0 Å². The summed E-state index contributed by atoms with van der Waals surface area (Å²) < 4.78 is 11.8. The summed E-state index contributed by atoms with van der Waals surface area (Å²) in [5.41, 5.74) is 1.63. The van der Waals surface area contributed by atoms with E-state index in [1.807, 2.05) is 0 Å². The van der Waals surface area contributed by atoms with Gasteiger partial charge in [-0.15, -0.1) is 0 Å². The Morgan fingerprint density at radius 2 is 1.92 bits per heavy atom. The van der Waals surface area contributed by atoms with E-state index in [-0.39, 0.29) is 31.6 Å². The molecule has 1 fully saturated rings. The Morgan fingerprint density at radius 1 is 1.16 bits per heavy atom. The van der Waals surface area contributed by atoms with Gasteiger partial charge in [0.2, 0.25) is 11.8 Å². The summed E-state index contributed by atoms with van der Waals surface area (Å²) >= 11 is 0. The minimum atomic E-state index is -1.06. The van der Waals surface area contributed by atoms with E-state index in [1.54, 1.807) is 23.1 Å². The Balaban J connectivity index is 1.68. The van der Waals surface area contributed by atoms with Crippen molar-refractivity contribution in [2.45, 2.75) is 89.1 Å². The molecule has 38 heavy (non-hydrogen) atoms. The second-order valence-corrected chi connectivity index (χ2v) is 10.7. The Labute approximate surface area is 224 Å². The molecule has 0 radical (unpaired) electrons. The molecule has 0 unspecified atom stereocenters. The van der Waals surface area contributed by atoms with Crippen LogP contribution in [0.5, 0.6) is 11.5 Å². The number of carbonyl (C=O) groups excluding carboxylic acids is 2. The maximum atomic E-state index is 13.5. The topological polar surface area (TPSA) is 129 Å². The third-order valence-electron chi connectivity index (χ3n) is 7.82. The average Bonchev–Trinajstić information content (AvgIpc) is 3.67. The number of nitrogens with one attached hydrogen (secondary N) is 1. The Bertz CT molecular complexity index is 1020. The molecule has 0 spiro atoms. The van der Waals surface area contributed by atoms with Crippen molar-refractivity contribution in [2.75, 3.05) is 26.8 Å². The number of nitrogens with zero attached hydrogens (tertiary/aromatic N) is 1. The van der Waals surface area contributed by atoms with Gasteiger partial charge >= 0.3 is 0 Å². The molecule has 0 aromatic heterocycles. The van der Waals surface area contributed by atoms with E-state index in [4.69, 9.17) is 9.47 Å². The van der Waals surface area contributed by atoms with Crippen LogP contribution in [0, 0.1) is 5.92 Å². The number of methoxy groups -OCH3 is 1. The highest BCUT2D eigenvalue weighted by Gasteiger charge is 2.51. The zero-order chi connectivity index (χ0) is 27.2. The van der Waals surface area contributed by atoms with E-state index in [0.29, 0.717) is 47.1 Å². The monoisotopic (exact) mass is 530 g/mol. The molecule has 0 saturated heterocycles. The third kappa shape index (κ3) is 6.16. The van der Waals surface area contributed by atoms with Crippen LogP contribution in [-0.2, 0) is 16.2 Å². The molecule has 1 saturated carbocycles. The fourth-order valence-corrected chi connectivity index (χ4v) is 5.61. The van der Waals surface area contributed by atoms with E-state index in [2.05, 4.69) is 12.2 Å².